The van der Waals surface area contributed by atoms with Gasteiger partial charge in [-0.25, -0.2) is 9.38 Å². The fourth-order valence-electron chi connectivity index (χ4n) is 4.66. The van der Waals surface area contributed by atoms with Gasteiger partial charge in [0.15, 0.2) is 17.5 Å². The number of ether oxygens (including phenoxy) is 3. The van der Waals surface area contributed by atoms with Gasteiger partial charge in [-0.3, -0.25) is 14.9 Å². The molecule has 0 radical (unpaired) electrons. The lowest BCUT2D eigenvalue weighted by atomic mass is 9.84. The second-order valence-electron chi connectivity index (χ2n) is 9.36. The molecular formula is C28H37FN4O5. The second-order valence-corrected chi connectivity index (χ2v) is 9.36. The van der Waals surface area contributed by atoms with E-state index >= 15 is 0 Å². The van der Waals surface area contributed by atoms with Crippen LogP contribution in [-0.4, -0.2) is 45.1 Å². The first kappa shape index (κ1) is 28.7. The maximum absolute atomic E-state index is 13.7. The number of aliphatic imine (C=N–C) groups is 1. The predicted octanol–water partition coefficient (Wildman–Crippen LogP) is 3.48. The lowest BCUT2D eigenvalue weighted by Gasteiger charge is -2.24. The summed E-state index contributed by atoms with van der Waals surface area (Å²) in [5.41, 5.74) is 7.40. The standard InChI is InChI=1S/C28H37FN4O5/c1-36-21-10-12-24(37-2)20(15-21)16-26(34)33-28(30)32-23(13-18-7-5-4-6-8-18)27(35)31-17-19-9-11-22(29)25(14-19)38-3/h9-12,14-15,18,23H,4-8,13,16-17H2,1-3H3,(H,31,35)(H3,30,32,33,34). The van der Waals surface area contributed by atoms with Gasteiger partial charge in [-0.05, 0) is 48.2 Å². The van der Waals surface area contributed by atoms with Crippen LogP contribution in [0.15, 0.2) is 41.4 Å². The summed E-state index contributed by atoms with van der Waals surface area (Å²) >= 11 is 0. The van der Waals surface area contributed by atoms with Crippen molar-refractivity contribution in [2.24, 2.45) is 16.6 Å². The van der Waals surface area contributed by atoms with Crippen LogP contribution in [-0.2, 0) is 22.6 Å². The molecule has 10 heteroatoms. The van der Waals surface area contributed by atoms with Gasteiger partial charge in [0, 0.05) is 12.1 Å². The SMILES string of the molecule is COc1ccc(OC)c(CC(=O)NC(N)=NC(CC2CCCCC2)C(=O)NCc2ccc(F)c(OC)c2)c1. The Hall–Kier alpha value is -3.82. The molecule has 9 nitrogen and oxygen atoms in total. The van der Waals surface area contributed by atoms with Gasteiger partial charge >= 0.3 is 0 Å². The monoisotopic (exact) mass is 528 g/mol. The van der Waals surface area contributed by atoms with Crippen LogP contribution in [0.4, 0.5) is 4.39 Å². The average Bonchev–Trinajstić information content (AvgIpc) is 2.92. The number of rotatable bonds is 11. The third-order valence-electron chi connectivity index (χ3n) is 6.67. The zero-order valence-corrected chi connectivity index (χ0v) is 22.2. The van der Waals surface area contributed by atoms with Crippen LogP contribution in [0, 0.1) is 11.7 Å². The van der Waals surface area contributed by atoms with E-state index in [4.69, 9.17) is 19.9 Å². The van der Waals surface area contributed by atoms with Crippen molar-refractivity contribution in [1.29, 1.82) is 0 Å². The summed E-state index contributed by atoms with van der Waals surface area (Å²) in [6.07, 6.45) is 5.99. The highest BCUT2D eigenvalue weighted by Crippen LogP contribution is 2.28. The summed E-state index contributed by atoms with van der Waals surface area (Å²) in [5.74, 6) is 0.279. The number of benzene rings is 2. The second kappa shape index (κ2) is 14.2. The van der Waals surface area contributed by atoms with E-state index in [2.05, 4.69) is 15.6 Å². The molecule has 0 saturated heterocycles. The molecule has 0 heterocycles. The van der Waals surface area contributed by atoms with Crippen molar-refractivity contribution in [1.82, 2.24) is 10.6 Å². The number of hydrogen-bond acceptors (Lipinski definition) is 6. The Labute approximate surface area is 222 Å². The first-order valence-electron chi connectivity index (χ1n) is 12.8. The number of hydrogen-bond donors (Lipinski definition) is 3. The van der Waals surface area contributed by atoms with Crippen LogP contribution >= 0.6 is 0 Å². The van der Waals surface area contributed by atoms with Crippen molar-refractivity contribution in [3.63, 3.8) is 0 Å². The van der Waals surface area contributed by atoms with Crippen LogP contribution in [0.25, 0.3) is 0 Å². The summed E-state index contributed by atoms with van der Waals surface area (Å²) in [5, 5.41) is 5.45. The summed E-state index contributed by atoms with van der Waals surface area (Å²) < 4.78 is 29.3. The number of guanidine groups is 1. The molecule has 0 spiro atoms. The molecule has 1 saturated carbocycles. The van der Waals surface area contributed by atoms with Gasteiger partial charge in [0.1, 0.15) is 17.5 Å². The van der Waals surface area contributed by atoms with Crippen molar-refractivity contribution in [2.75, 3.05) is 21.3 Å². The van der Waals surface area contributed by atoms with Crippen LogP contribution in [0.3, 0.4) is 0 Å². The first-order valence-corrected chi connectivity index (χ1v) is 12.8. The van der Waals surface area contributed by atoms with Gasteiger partial charge < -0.3 is 25.3 Å². The zero-order chi connectivity index (χ0) is 27.5. The van der Waals surface area contributed by atoms with E-state index in [9.17, 15) is 14.0 Å². The van der Waals surface area contributed by atoms with Crippen molar-refractivity contribution in [2.45, 2.75) is 57.5 Å². The van der Waals surface area contributed by atoms with E-state index in [-0.39, 0.29) is 30.6 Å². The van der Waals surface area contributed by atoms with Gasteiger partial charge in [-0.1, -0.05) is 38.2 Å². The van der Waals surface area contributed by atoms with E-state index < -0.39 is 17.8 Å². The molecule has 2 aromatic rings. The largest absolute Gasteiger partial charge is 0.497 e. The molecule has 1 fully saturated rings. The minimum atomic E-state index is -0.771. The van der Waals surface area contributed by atoms with E-state index in [1.165, 1.54) is 32.8 Å². The molecule has 4 N–H and O–H groups in total. The number of methoxy groups -OCH3 is 3. The van der Waals surface area contributed by atoms with Gasteiger partial charge in [0.05, 0.1) is 27.8 Å². The van der Waals surface area contributed by atoms with Gasteiger partial charge in [-0.15, -0.1) is 0 Å². The van der Waals surface area contributed by atoms with Crippen LogP contribution in [0.1, 0.15) is 49.7 Å². The topological polar surface area (TPSA) is 124 Å². The van der Waals surface area contributed by atoms with E-state index in [0.717, 1.165) is 25.7 Å². The summed E-state index contributed by atoms with van der Waals surface area (Å²) in [7, 11) is 4.45. The number of nitrogens with zero attached hydrogens (tertiary/aromatic N) is 1. The molecule has 2 amide bonds. The smallest absolute Gasteiger partial charge is 0.245 e. The average molecular weight is 529 g/mol. The number of carbonyl (C=O) groups is 2. The van der Waals surface area contributed by atoms with Crippen molar-refractivity contribution in [3.05, 3.63) is 53.3 Å². The third-order valence-corrected chi connectivity index (χ3v) is 6.67. The Morgan fingerprint density at radius 1 is 1.03 bits per heavy atom. The molecule has 0 bridgehead atoms. The van der Waals surface area contributed by atoms with Crippen molar-refractivity contribution < 1.29 is 28.2 Å². The van der Waals surface area contributed by atoms with Gasteiger partial charge in [-0.2, -0.15) is 0 Å². The Morgan fingerprint density at radius 2 is 1.76 bits per heavy atom. The maximum atomic E-state index is 13.7. The molecule has 2 aromatic carbocycles. The fourth-order valence-corrected chi connectivity index (χ4v) is 4.66. The lowest BCUT2D eigenvalue weighted by Crippen LogP contribution is -2.42. The summed E-state index contributed by atoms with van der Waals surface area (Å²) in [4.78, 5) is 30.3. The van der Waals surface area contributed by atoms with E-state index in [1.54, 1.807) is 31.4 Å². The number of nitrogens with one attached hydrogen (secondary N) is 2. The molecule has 3 rings (SSSR count). The normalized spacial score (nSPS) is 14.9. The highest BCUT2D eigenvalue weighted by Gasteiger charge is 2.25. The fraction of sp³-hybridized carbons (Fsp3) is 0.464. The molecule has 1 unspecified atom stereocenters. The summed E-state index contributed by atoms with van der Waals surface area (Å²) in [6, 6.07) is 8.83. The summed E-state index contributed by atoms with van der Waals surface area (Å²) in [6.45, 7) is 0.175. The molecular weight excluding hydrogens is 491 g/mol. The molecule has 38 heavy (non-hydrogen) atoms. The van der Waals surface area contributed by atoms with Crippen LogP contribution in [0.2, 0.25) is 0 Å². The van der Waals surface area contributed by atoms with Gasteiger partial charge in [0.2, 0.25) is 11.8 Å². The lowest BCUT2D eigenvalue weighted by molar-refractivity contribution is -0.123. The Bertz CT molecular complexity index is 1130. The quantitative estimate of drug-likeness (QED) is 0.303. The number of amides is 2. The van der Waals surface area contributed by atoms with E-state index in [0.29, 0.717) is 35.0 Å². The van der Waals surface area contributed by atoms with Gasteiger partial charge in [0.25, 0.3) is 0 Å². The zero-order valence-electron chi connectivity index (χ0n) is 22.2. The van der Waals surface area contributed by atoms with Crippen molar-refractivity contribution >= 4 is 17.8 Å². The molecule has 1 atom stereocenters. The first-order chi connectivity index (χ1) is 18.3. The number of halogens is 1. The Morgan fingerprint density at radius 3 is 2.45 bits per heavy atom. The molecule has 0 aliphatic heterocycles. The molecule has 206 valence electrons. The van der Waals surface area contributed by atoms with Crippen LogP contribution < -0.4 is 30.6 Å². The maximum Gasteiger partial charge on any atom is 0.245 e. The highest BCUT2D eigenvalue weighted by atomic mass is 19.1. The van der Waals surface area contributed by atoms with Crippen molar-refractivity contribution in [3.8, 4) is 17.2 Å². The minimum Gasteiger partial charge on any atom is -0.497 e. The number of nitrogens with two attached hydrogens (primary N) is 1. The third kappa shape index (κ3) is 8.36. The van der Waals surface area contributed by atoms with E-state index in [1.807, 2.05) is 0 Å². The molecule has 0 aromatic heterocycles. The molecule has 1 aliphatic carbocycles. The predicted molar refractivity (Wildman–Crippen MR) is 143 cm³/mol. The Kier molecular flexibility index (Phi) is 10.7. The molecule has 1 aliphatic rings. The Balaban J connectivity index is 1.69. The minimum absolute atomic E-state index is 0.0114. The highest BCUT2D eigenvalue weighted by molar-refractivity contribution is 5.98. The number of carbonyl (C=O) groups excluding carboxylic acids is 2. The van der Waals surface area contributed by atoms with Crippen LogP contribution in [0.5, 0.6) is 17.2 Å².